The van der Waals surface area contributed by atoms with E-state index in [0.717, 1.165) is 33.1 Å². The zero-order valence-corrected chi connectivity index (χ0v) is 14.4. The third-order valence-corrected chi connectivity index (χ3v) is 4.87. The molecular weight excluding hydrogens is 314 g/mol. The molecule has 24 heavy (non-hydrogen) atoms. The van der Waals surface area contributed by atoms with Gasteiger partial charge in [-0.05, 0) is 32.0 Å². The molecule has 0 spiro atoms. The van der Waals surface area contributed by atoms with Crippen molar-refractivity contribution in [3.8, 4) is 11.4 Å². The van der Waals surface area contributed by atoms with Gasteiger partial charge in [0.2, 0.25) is 0 Å². The van der Waals surface area contributed by atoms with Crippen molar-refractivity contribution >= 4 is 22.8 Å². The molecule has 4 aromatic rings. The lowest BCUT2D eigenvalue weighted by atomic mass is 10.2. The number of aryl methyl sites for hydroxylation is 2. The molecule has 1 N–H and O–H groups in total. The van der Waals surface area contributed by atoms with Crippen molar-refractivity contribution in [3.63, 3.8) is 0 Å². The molecular formula is C20H17N3S. The molecule has 0 radical (unpaired) electrons. The number of H-pyrrole nitrogens is 1. The van der Waals surface area contributed by atoms with Crippen LogP contribution in [0, 0.1) is 13.8 Å². The summed E-state index contributed by atoms with van der Waals surface area (Å²) in [4.78, 5) is 14.1. The second-order valence-electron chi connectivity index (χ2n) is 5.85. The molecule has 0 fully saturated rings. The van der Waals surface area contributed by atoms with Gasteiger partial charge in [-0.3, -0.25) is 0 Å². The molecule has 2 aromatic carbocycles. The predicted molar refractivity (Wildman–Crippen MR) is 99.4 cm³/mol. The van der Waals surface area contributed by atoms with Gasteiger partial charge in [-0.15, -0.1) is 0 Å². The normalized spacial score (nSPS) is 11.1. The molecule has 0 bridgehead atoms. The number of nitrogens with zero attached hydrogens (tertiary/aromatic N) is 2. The molecule has 0 aliphatic rings. The average molecular weight is 331 g/mol. The van der Waals surface area contributed by atoms with Crippen molar-refractivity contribution in [2.75, 3.05) is 0 Å². The zero-order chi connectivity index (χ0) is 16.5. The van der Waals surface area contributed by atoms with Crippen molar-refractivity contribution in [2.24, 2.45) is 0 Å². The van der Waals surface area contributed by atoms with E-state index in [1.165, 1.54) is 10.5 Å². The number of rotatable bonds is 3. The summed E-state index contributed by atoms with van der Waals surface area (Å²) >= 11 is 1.68. The molecule has 0 saturated carbocycles. The fraction of sp³-hybridized carbons (Fsp3) is 0.100. The van der Waals surface area contributed by atoms with E-state index in [2.05, 4.69) is 42.2 Å². The van der Waals surface area contributed by atoms with Gasteiger partial charge in [-0.2, -0.15) is 0 Å². The first-order chi connectivity index (χ1) is 11.7. The fourth-order valence-corrected chi connectivity index (χ4v) is 3.52. The third-order valence-electron chi connectivity index (χ3n) is 3.85. The molecule has 0 atom stereocenters. The highest BCUT2D eigenvalue weighted by atomic mass is 32.2. The van der Waals surface area contributed by atoms with Crippen LogP contribution in [0.15, 0.2) is 70.6 Å². The maximum absolute atomic E-state index is 4.83. The molecule has 3 nitrogen and oxygen atoms in total. The van der Waals surface area contributed by atoms with Crippen molar-refractivity contribution < 1.29 is 0 Å². The Morgan fingerprint density at radius 1 is 0.875 bits per heavy atom. The first kappa shape index (κ1) is 15.0. The van der Waals surface area contributed by atoms with Gasteiger partial charge < -0.3 is 4.98 Å². The van der Waals surface area contributed by atoms with Gasteiger partial charge >= 0.3 is 0 Å². The number of aromatic nitrogens is 3. The summed E-state index contributed by atoms with van der Waals surface area (Å²) in [6.45, 7) is 4.14. The van der Waals surface area contributed by atoms with Crippen molar-refractivity contribution in [2.45, 2.75) is 23.8 Å². The van der Waals surface area contributed by atoms with Crippen molar-refractivity contribution in [1.82, 2.24) is 15.0 Å². The van der Waals surface area contributed by atoms with Gasteiger partial charge in [-0.25, -0.2) is 9.97 Å². The van der Waals surface area contributed by atoms with E-state index in [4.69, 9.17) is 9.97 Å². The van der Waals surface area contributed by atoms with Gasteiger partial charge in [0.15, 0.2) is 5.82 Å². The smallest absolute Gasteiger partial charge is 0.162 e. The van der Waals surface area contributed by atoms with Crippen LogP contribution in [0.2, 0.25) is 0 Å². The van der Waals surface area contributed by atoms with Crippen LogP contribution in [0.3, 0.4) is 0 Å². The number of nitrogens with one attached hydrogen (secondary N) is 1. The minimum atomic E-state index is 0.750. The molecule has 2 heterocycles. The van der Waals surface area contributed by atoms with Crippen LogP contribution in [0.25, 0.3) is 22.4 Å². The van der Waals surface area contributed by atoms with Gasteiger partial charge in [0.05, 0.1) is 5.39 Å². The van der Waals surface area contributed by atoms with E-state index < -0.39 is 0 Å². The molecule has 0 amide bonds. The van der Waals surface area contributed by atoms with Crippen LogP contribution in [-0.2, 0) is 0 Å². The van der Waals surface area contributed by atoms with Crippen LogP contribution in [0.5, 0.6) is 0 Å². The fourth-order valence-electron chi connectivity index (χ4n) is 2.63. The van der Waals surface area contributed by atoms with Gasteiger partial charge in [0, 0.05) is 16.2 Å². The lowest BCUT2D eigenvalue weighted by Gasteiger charge is -2.06. The van der Waals surface area contributed by atoms with E-state index in [1.54, 1.807) is 11.8 Å². The monoisotopic (exact) mass is 331 g/mol. The van der Waals surface area contributed by atoms with Crippen LogP contribution in [0.1, 0.15) is 11.3 Å². The highest BCUT2D eigenvalue weighted by Crippen LogP contribution is 2.33. The molecule has 0 aliphatic heterocycles. The summed E-state index contributed by atoms with van der Waals surface area (Å²) in [5.41, 5.74) is 4.26. The number of fused-ring (bicyclic) bond motifs is 1. The summed E-state index contributed by atoms with van der Waals surface area (Å²) in [6, 6.07) is 20.7. The number of aromatic amines is 1. The summed E-state index contributed by atoms with van der Waals surface area (Å²) in [6.07, 6.45) is 0. The van der Waals surface area contributed by atoms with Crippen molar-refractivity contribution in [3.05, 3.63) is 71.9 Å². The van der Waals surface area contributed by atoms with Crippen molar-refractivity contribution in [1.29, 1.82) is 0 Å². The van der Waals surface area contributed by atoms with Crippen LogP contribution >= 0.6 is 11.8 Å². The Balaban J connectivity index is 1.84. The van der Waals surface area contributed by atoms with Gasteiger partial charge in [-0.1, -0.05) is 59.8 Å². The molecule has 2 aromatic heterocycles. The first-order valence-electron chi connectivity index (χ1n) is 7.86. The maximum atomic E-state index is 4.83. The number of hydrogen-bond acceptors (Lipinski definition) is 3. The Kier molecular flexibility index (Phi) is 3.82. The Bertz CT molecular complexity index is 989. The Morgan fingerprint density at radius 3 is 2.38 bits per heavy atom. The molecule has 0 aliphatic carbocycles. The largest absolute Gasteiger partial charge is 0.343 e. The van der Waals surface area contributed by atoms with Gasteiger partial charge in [0.1, 0.15) is 10.7 Å². The lowest BCUT2D eigenvalue weighted by Crippen LogP contribution is -1.92. The number of benzene rings is 2. The first-order valence-corrected chi connectivity index (χ1v) is 8.68. The second-order valence-corrected chi connectivity index (χ2v) is 6.91. The molecule has 4 rings (SSSR count). The predicted octanol–water partition coefficient (Wildman–Crippen LogP) is 5.39. The Hall–Kier alpha value is -2.59. The summed E-state index contributed by atoms with van der Waals surface area (Å²) in [7, 11) is 0. The average Bonchev–Trinajstić information content (AvgIpc) is 2.98. The zero-order valence-electron chi connectivity index (χ0n) is 13.6. The quantitative estimate of drug-likeness (QED) is 0.512. The Labute approximate surface area is 145 Å². The highest BCUT2D eigenvalue weighted by Gasteiger charge is 2.12. The topological polar surface area (TPSA) is 41.6 Å². The second kappa shape index (κ2) is 6.13. The van der Waals surface area contributed by atoms with E-state index in [-0.39, 0.29) is 0 Å². The summed E-state index contributed by atoms with van der Waals surface area (Å²) < 4.78 is 0. The Morgan fingerprint density at radius 2 is 1.62 bits per heavy atom. The van der Waals surface area contributed by atoms with Gasteiger partial charge in [0.25, 0.3) is 0 Å². The van der Waals surface area contributed by atoms with E-state index in [1.807, 2.05) is 37.3 Å². The SMILES string of the molecule is Cc1ccc(Sc2nc(-c3ccccc3)nc3[nH]c(C)cc23)cc1. The maximum Gasteiger partial charge on any atom is 0.162 e. The molecule has 4 heteroatoms. The van der Waals surface area contributed by atoms with E-state index in [9.17, 15) is 0 Å². The highest BCUT2D eigenvalue weighted by molar-refractivity contribution is 7.99. The summed E-state index contributed by atoms with van der Waals surface area (Å²) in [5.74, 6) is 0.750. The number of hydrogen-bond donors (Lipinski definition) is 1. The molecule has 0 unspecified atom stereocenters. The van der Waals surface area contributed by atoms with Crippen LogP contribution in [-0.4, -0.2) is 15.0 Å². The lowest BCUT2D eigenvalue weighted by molar-refractivity contribution is 1.10. The minimum Gasteiger partial charge on any atom is -0.343 e. The molecule has 0 saturated heterocycles. The molecule has 118 valence electrons. The standard InChI is InChI=1S/C20H17N3S/c1-13-8-10-16(11-9-13)24-20-17-12-14(2)21-19(17)22-18(23-20)15-6-4-3-5-7-15/h3-12H,1-2H3,(H,21,22,23). The van der Waals surface area contributed by atoms with Crippen LogP contribution < -0.4 is 0 Å². The van der Waals surface area contributed by atoms with Crippen LogP contribution in [0.4, 0.5) is 0 Å². The summed E-state index contributed by atoms with van der Waals surface area (Å²) in [5, 5.41) is 2.05. The van der Waals surface area contributed by atoms with E-state index in [0.29, 0.717) is 0 Å². The van der Waals surface area contributed by atoms with E-state index >= 15 is 0 Å². The third kappa shape index (κ3) is 2.93. The minimum absolute atomic E-state index is 0.750.